The van der Waals surface area contributed by atoms with Gasteiger partial charge < -0.3 is 10.4 Å². The lowest BCUT2D eigenvalue weighted by Crippen LogP contribution is -2.48. The Morgan fingerprint density at radius 2 is 2.40 bits per heavy atom. The molecule has 0 radical (unpaired) electrons. The lowest BCUT2D eigenvalue weighted by molar-refractivity contribution is -0.137. The van der Waals surface area contributed by atoms with E-state index in [-0.39, 0.29) is 11.8 Å². The van der Waals surface area contributed by atoms with E-state index in [1.807, 2.05) is 24.6 Å². The standard InChI is InChI=1S/C14H23N3O2S/c1-10(8-17-12(3)6-11(2)16-17)7-15-13(18)14(19)4-5-20-9-14/h6,10,19H,4-5,7-9H2,1-3H3,(H,15,18). The number of carbonyl (C=O) groups excluding carboxylic acids is 1. The van der Waals surface area contributed by atoms with Gasteiger partial charge in [0.25, 0.3) is 5.91 Å². The van der Waals surface area contributed by atoms with Crippen molar-refractivity contribution in [1.29, 1.82) is 0 Å². The number of amides is 1. The lowest BCUT2D eigenvalue weighted by Gasteiger charge is -2.22. The maximum Gasteiger partial charge on any atom is 0.252 e. The van der Waals surface area contributed by atoms with E-state index in [4.69, 9.17) is 0 Å². The molecule has 1 saturated heterocycles. The zero-order chi connectivity index (χ0) is 14.8. The predicted octanol–water partition coefficient (Wildman–Crippen LogP) is 1.12. The summed E-state index contributed by atoms with van der Waals surface area (Å²) in [5.74, 6) is 1.40. The molecule has 5 nitrogen and oxygen atoms in total. The highest BCUT2D eigenvalue weighted by Crippen LogP contribution is 2.27. The van der Waals surface area contributed by atoms with Gasteiger partial charge in [0.05, 0.1) is 5.69 Å². The van der Waals surface area contributed by atoms with Crippen LogP contribution in [0.3, 0.4) is 0 Å². The normalized spacial score (nSPS) is 23.8. The zero-order valence-electron chi connectivity index (χ0n) is 12.3. The van der Waals surface area contributed by atoms with Gasteiger partial charge in [-0.05, 0) is 38.0 Å². The third-order valence-corrected chi connectivity index (χ3v) is 4.80. The largest absolute Gasteiger partial charge is 0.379 e. The summed E-state index contributed by atoms with van der Waals surface area (Å²) >= 11 is 1.63. The Hall–Kier alpha value is -1.01. The summed E-state index contributed by atoms with van der Waals surface area (Å²) in [6, 6.07) is 2.05. The molecule has 0 bridgehead atoms. The number of hydrogen-bond donors (Lipinski definition) is 2. The molecule has 2 heterocycles. The second-order valence-electron chi connectivity index (χ2n) is 5.76. The van der Waals surface area contributed by atoms with Crippen molar-refractivity contribution in [2.24, 2.45) is 5.92 Å². The number of aliphatic hydroxyl groups is 1. The SMILES string of the molecule is Cc1cc(C)n(CC(C)CNC(=O)C2(O)CCSC2)n1. The Balaban J connectivity index is 1.82. The van der Waals surface area contributed by atoms with Crippen LogP contribution < -0.4 is 5.32 Å². The first-order valence-corrected chi connectivity index (χ1v) is 8.16. The summed E-state index contributed by atoms with van der Waals surface area (Å²) in [5.41, 5.74) is 0.977. The number of rotatable bonds is 5. The van der Waals surface area contributed by atoms with Crippen LogP contribution in [-0.4, -0.2) is 44.4 Å². The first-order valence-electron chi connectivity index (χ1n) is 7.00. The lowest BCUT2D eigenvalue weighted by atomic mass is 10.0. The van der Waals surface area contributed by atoms with Crippen molar-refractivity contribution in [3.05, 3.63) is 17.5 Å². The van der Waals surface area contributed by atoms with Gasteiger partial charge in [-0.1, -0.05) is 6.92 Å². The van der Waals surface area contributed by atoms with E-state index in [1.165, 1.54) is 0 Å². The summed E-state index contributed by atoms with van der Waals surface area (Å²) in [6.45, 7) is 7.41. The monoisotopic (exact) mass is 297 g/mol. The van der Waals surface area contributed by atoms with Crippen LogP contribution >= 0.6 is 11.8 Å². The minimum absolute atomic E-state index is 0.234. The summed E-state index contributed by atoms with van der Waals surface area (Å²) < 4.78 is 1.96. The van der Waals surface area contributed by atoms with Gasteiger partial charge in [-0.2, -0.15) is 16.9 Å². The number of aromatic nitrogens is 2. The fourth-order valence-corrected chi connectivity index (χ4v) is 3.62. The van der Waals surface area contributed by atoms with Crippen LogP contribution in [0.4, 0.5) is 0 Å². The van der Waals surface area contributed by atoms with Crippen LogP contribution in [0.2, 0.25) is 0 Å². The number of aryl methyl sites for hydroxylation is 2. The van der Waals surface area contributed by atoms with Gasteiger partial charge >= 0.3 is 0 Å². The second-order valence-corrected chi connectivity index (χ2v) is 6.86. The first kappa shape index (κ1) is 15.4. The molecule has 1 aliphatic heterocycles. The van der Waals surface area contributed by atoms with Crippen LogP contribution in [0.25, 0.3) is 0 Å². The molecule has 0 aromatic carbocycles. The smallest absolute Gasteiger partial charge is 0.252 e. The maximum atomic E-state index is 12.0. The molecular weight excluding hydrogens is 274 g/mol. The molecule has 2 atom stereocenters. The molecule has 112 valence electrons. The Kier molecular flexibility index (Phi) is 4.75. The fourth-order valence-electron chi connectivity index (χ4n) is 2.38. The Bertz CT molecular complexity index is 481. The Labute approximate surface area is 124 Å². The van der Waals surface area contributed by atoms with E-state index in [9.17, 15) is 9.90 Å². The number of hydrogen-bond acceptors (Lipinski definition) is 4. The summed E-state index contributed by atoms with van der Waals surface area (Å²) in [6.07, 6.45) is 0.551. The highest BCUT2D eigenvalue weighted by Gasteiger charge is 2.39. The highest BCUT2D eigenvalue weighted by atomic mass is 32.2. The molecule has 0 spiro atoms. The minimum Gasteiger partial charge on any atom is -0.379 e. The minimum atomic E-state index is -1.16. The molecule has 20 heavy (non-hydrogen) atoms. The van der Waals surface area contributed by atoms with Crippen molar-refractivity contribution in [3.63, 3.8) is 0 Å². The molecule has 0 saturated carbocycles. The molecule has 1 amide bonds. The van der Waals surface area contributed by atoms with E-state index in [2.05, 4.69) is 17.3 Å². The van der Waals surface area contributed by atoms with Gasteiger partial charge in [0, 0.05) is 24.5 Å². The Morgan fingerprint density at radius 3 is 2.95 bits per heavy atom. The third kappa shape index (κ3) is 3.55. The van der Waals surface area contributed by atoms with Crippen LogP contribution in [0.15, 0.2) is 6.07 Å². The number of carbonyl (C=O) groups is 1. The van der Waals surface area contributed by atoms with Crippen molar-refractivity contribution >= 4 is 17.7 Å². The maximum absolute atomic E-state index is 12.0. The van der Waals surface area contributed by atoms with E-state index in [0.717, 1.165) is 23.7 Å². The van der Waals surface area contributed by atoms with Crippen LogP contribution in [0.5, 0.6) is 0 Å². The predicted molar refractivity (Wildman–Crippen MR) is 80.8 cm³/mol. The van der Waals surface area contributed by atoms with Gasteiger partial charge in [-0.15, -0.1) is 0 Å². The highest BCUT2D eigenvalue weighted by molar-refractivity contribution is 7.99. The van der Waals surface area contributed by atoms with Gasteiger partial charge in [0.15, 0.2) is 5.60 Å². The third-order valence-electron chi connectivity index (χ3n) is 3.62. The number of thioether (sulfide) groups is 1. The quantitative estimate of drug-likeness (QED) is 0.855. The van der Waals surface area contributed by atoms with Gasteiger partial charge in [-0.3, -0.25) is 9.48 Å². The molecule has 2 unspecified atom stereocenters. The summed E-state index contributed by atoms with van der Waals surface area (Å²) in [5, 5.41) is 17.4. The van der Waals surface area contributed by atoms with Crippen molar-refractivity contribution < 1.29 is 9.90 Å². The van der Waals surface area contributed by atoms with E-state index >= 15 is 0 Å². The molecule has 2 rings (SSSR count). The second kappa shape index (κ2) is 6.18. The molecule has 1 fully saturated rings. The molecular formula is C14H23N3O2S. The number of nitrogens with one attached hydrogen (secondary N) is 1. The van der Waals surface area contributed by atoms with E-state index < -0.39 is 5.60 Å². The van der Waals surface area contributed by atoms with Crippen LogP contribution in [-0.2, 0) is 11.3 Å². The summed E-state index contributed by atoms with van der Waals surface area (Å²) in [7, 11) is 0. The molecule has 1 aromatic heterocycles. The van der Waals surface area contributed by atoms with Crippen molar-refractivity contribution in [2.75, 3.05) is 18.1 Å². The average molecular weight is 297 g/mol. The molecule has 2 N–H and O–H groups in total. The van der Waals surface area contributed by atoms with Gasteiger partial charge in [0.2, 0.25) is 0 Å². The first-order chi connectivity index (χ1) is 9.40. The van der Waals surface area contributed by atoms with Gasteiger partial charge in [-0.25, -0.2) is 0 Å². The molecule has 6 heteroatoms. The fraction of sp³-hybridized carbons (Fsp3) is 0.714. The summed E-state index contributed by atoms with van der Waals surface area (Å²) in [4.78, 5) is 12.0. The molecule has 1 aromatic rings. The van der Waals surface area contributed by atoms with E-state index in [0.29, 0.717) is 18.7 Å². The zero-order valence-corrected chi connectivity index (χ0v) is 13.2. The van der Waals surface area contributed by atoms with Crippen molar-refractivity contribution in [1.82, 2.24) is 15.1 Å². The van der Waals surface area contributed by atoms with Crippen LogP contribution in [0.1, 0.15) is 24.7 Å². The molecule has 0 aliphatic carbocycles. The van der Waals surface area contributed by atoms with E-state index in [1.54, 1.807) is 11.8 Å². The molecule has 1 aliphatic rings. The number of nitrogens with zero attached hydrogens (tertiary/aromatic N) is 2. The topological polar surface area (TPSA) is 67.2 Å². The van der Waals surface area contributed by atoms with Crippen molar-refractivity contribution in [2.45, 2.75) is 39.3 Å². The van der Waals surface area contributed by atoms with Crippen LogP contribution in [0, 0.1) is 19.8 Å². The average Bonchev–Trinajstić information content (AvgIpc) is 2.94. The van der Waals surface area contributed by atoms with Gasteiger partial charge in [0.1, 0.15) is 0 Å². The Morgan fingerprint density at radius 1 is 1.65 bits per heavy atom. The van der Waals surface area contributed by atoms with Crippen molar-refractivity contribution in [3.8, 4) is 0 Å².